The van der Waals surface area contributed by atoms with E-state index in [0.717, 1.165) is 59.7 Å². The SMILES string of the molecule is CN1C=CN(c2[c-]c(Oc3[c-]c(-c4nc[c-]c(-c5[c-]c(Oc6[c-]cccc6)ccc5)c4N4CCCC4)ccc3)ccc2)[CH-]1.[C-]#Cn1cccc1.[Pt+4].[Pt]. The molecule has 2 aliphatic heterocycles. The van der Waals surface area contributed by atoms with Gasteiger partial charge in [0, 0.05) is 69.5 Å². The molecule has 52 heavy (non-hydrogen) atoms. The first kappa shape index (κ1) is 38.2. The van der Waals surface area contributed by atoms with Crippen LogP contribution >= 0.6 is 0 Å². The van der Waals surface area contributed by atoms with Crippen LogP contribution in [0.4, 0.5) is 11.4 Å². The van der Waals surface area contributed by atoms with Crippen molar-refractivity contribution in [3.8, 4) is 51.4 Å². The maximum atomic E-state index is 6.57. The van der Waals surface area contributed by atoms with Crippen molar-refractivity contribution < 1.29 is 51.6 Å². The van der Waals surface area contributed by atoms with Crippen molar-refractivity contribution in [1.29, 1.82) is 0 Å². The van der Waals surface area contributed by atoms with Crippen molar-refractivity contribution in [1.82, 2.24) is 14.5 Å². The molecule has 0 atom stereocenters. The van der Waals surface area contributed by atoms with Crippen LogP contribution in [-0.2, 0) is 42.1 Å². The maximum absolute atomic E-state index is 6.57. The standard InChI is InChI=1S/C37H28N4O2.C6H4N.2Pt/c1-39-22-23-41(27-39)30-12-9-17-34(26-30)43-33-16-8-11-29(25-33)36-37(40-20-5-6-21-40)35(18-19-38-36)28-10-7-15-32(24-28)42-31-13-3-2-4-14-31;1-2-7-5-3-4-6-7;;/h2-4,7-13,15-17,19,22-23,27H,5-6,20-21H2,1H3;3-6H;;/q-6;-1;;+4. The van der Waals surface area contributed by atoms with Gasteiger partial charge in [0.25, 0.3) is 0 Å². The minimum Gasteiger partial charge on any atom is -0.669 e. The second kappa shape index (κ2) is 18.5. The summed E-state index contributed by atoms with van der Waals surface area (Å²) in [7, 11) is 1.99. The Labute approximate surface area is 335 Å². The number of hydrogen-bond donors (Lipinski definition) is 0. The third-order valence-electron chi connectivity index (χ3n) is 8.00. The second-order valence-corrected chi connectivity index (χ2v) is 11.5. The van der Waals surface area contributed by atoms with Crippen molar-refractivity contribution in [3.63, 3.8) is 0 Å². The van der Waals surface area contributed by atoms with Gasteiger partial charge in [0.15, 0.2) is 0 Å². The number of nitrogens with zero attached hydrogens (tertiary/aromatic N) is 5. The summed E-state index contributed by atoms with van der Waals surface area (Å²) in [6, 6.07) is 47.9. The topological polar surface area (TPSA) is 46.0 Å². The fourth-order valence-corrected chi connectivity index (χ4v) is 5.68. The molecule has 2 aromatic heterocycles. The number of hydrogen-bond acceptors (Lipinski definition) is 6. The van der Waals surface area contributed by atoms with Crippen LogP contribution in [-0.4, -0.2) is 34.6 Å². The van der Waals surface area contributed by atoms with Crippen LogP contribution < -0.4 is 19.3 Å². The summed E-state index contributed by atoms with van der Waals surface area (Å²) in [6.07, 6.45) is 18.0. The van der Waals surface area contributed by atoms with Gasteiger partial charge < -0.3 is 40.1 Å². The molecule has 4 heterocycles. The molecule has 0 amide bonds. The maximum Gasteiger partial charge on any atom is 4.00 e. The summed E-state index contributed by atoms with van der Waals surface area (Å²) in [6.45, 7) is 3.88. The van der Waals surface area contributed by atoms with Crippen LogP contribution in [0.1, 0.15) is 12.8 Å². The van der Waals surface area contributed by atoms with Gasteiger partial charge in [-0.15, -0.1) is 71.5 Å². The second-order valence-electron chi connectivity index (χ2n) is 11.5. The molecule has 1 fully saturated rings. The molecule has 0 N–H and O–H groups in total. The number of pyridine rings is 1. The van der Waals surface area contributed by atoms with E-state index in [1.165, 1.54) is 0 Å². The average molecular weight is 1040 g/mol. The summed E-state index contributed by atoms with van der Waals surface area (Å²) in [5.74, 6) is 2.47. The van der Waals surface area contributed by atoms with Crippen LogP contribution in [0.2, 0.25) is 0 Å². The van der Waals surface area contributed by atoms with Gasteiger partial charge in [0.1, 0.15) is 0 Å². The molecule has 0 bridgehead atoms. The van der Waals surface area contributed by atoms with E-state index in [4.69, 9.17) is 20.9 Å². The molecule has 9 heteroatoms. The Morgan fingerprint density at radius 3 is 2.06 bits per heavy atom. The van der Waals surface area contributed by atoms with E-state index in [1.54, 1.807) is 23.2 Å². The van der Waals surface area contributed by atoms with Gasteiger partial charge in [-0.1, -0.05) is 18.0 Å². The summed E-state index contributed by atoms with van der Waals surface area (Å²) >= 11 is 0. The van der Waals surface area contributed by atoms with Gasteiger partial charge in [-0.25, -0.2) is 12.1 Å². The summed E-state index contributed by atoms with van der Waals surface area (Å²) in [5.41, 5.74) is 5.39. The van der Waals surface area contributed by atoms with Crippen LogP contribution in [0.3, 0.4) is 0 Å². The van der Waals surface area contributed by atoms with Gasteiger partial charge >= 0.3 is 21.1 Å². The Hall–Kier alpha value is -5.01. The number of para-hydroxylation sites is 1. The van der Waals surface area contributed by atoms with Gasteiger partial charge in [-0.2, -0.15) is 49.1 Å². The first-order valence-electron chi connectivity index (χ1n) is 16.3. The van der Waals surface area contributed by atoms with Crippen molar-refractivity contribution in [2.24, 2.45) is 0 Å². The zero-order valence-corrected chi connectivity index (χ0v) is 32.7. The Morgan fingerprint density at radius 1 is 0.750 bits per heavy atom. The predicted octanol–water partition coefficient (Wildman–Crippen LogP) is 8.82. The Balaban J connectivity index is 0.000000523. The fourth-order valence-electron chi connectivity index (χ4n) is 5.68. The van der Waals surface area contributed by atoms with Crippen LogP contribution in [0, 0.1) is 49.5 Å². The first-order valence-corrected chi connectivity index (χ1v) is 16.3. The van der Waals surface area contributed by atoms with E-state index in [0.29, 0.717) is 23.0 Å². The minimum absolute atomic E-state index is 0. The smallest absolute Gasteiger partial charge is 0.669 e. The van der Waals surface area contributed by atoms with Crippen molar-refractivity contribution in [2.45, 2.75) is 12.8 Å². The zero-order valence-electron chi connectivity index (χ0n) is 28.1. The predicted molar refractivity (Wildman–Crippen MR) is 194 cm³/mol. The number of rotatable bonds is 8. The normalized spacial score (nSPS) is 13.0. The molecular formula is C43H32N5O2Pt2-3. The summed E-state index contributed by atoms with van der Waals surface area (Å²) in [4.78, 5) is 11.2. The number of aromatic nitrogens is 2. The molecule has 0 unspecified atom stereocenters. The molecule has 2 aliphatic rings. The monoisotopic (exact) mass is 1040 g/mol. The van der Waals surface area contributed by atoms with E-state index in [1.807, 2.05) is 127 Å². The van der Waals surface area contributed by atoms with Crippen LogP contribution in [0.5, 0.6) is 23.0 Å². The molecule has 7 nitrogen and oxygen atoms in total. The number of ether oxygens (including phenoxy) is 2. The van der Waals surface area contributed by atoms with Crippen LogP contribution in [0.15, 0.2) is 122 Å². The van der Waals surface area contributed by atoms with Gasteiger partial charge in [0.2, 0.25) is 0 Å². The van der Waals surface area contributed by atoms with E-state index in [-0.39, 0.29) is 42.1 Å². The van der Waals surface area contributed by atoms with Gasteiger partial charge in [-0.3, -0.25) is 11.1 Å². The number of anilines is 2. The van der Waals surface area contributed by atoms with E-state index in [2.05, 4.69) is 41.3 Å². The Morgan fingerprint density at radius 2 is 1.40 bits per heavy atom. The van der Waals surface area contributed by atoms with Crippen molar-refractivity contribution >= 4 is 11.4 Å². The summed E-state index contributed by atoms with van der Waals surface area (Å²) < 4.78 is 13.8. The molecule has 264 valence electrons. The molecule has 0 aliphatic carbocycles. The number of benzene rings is 4. The Bertz CT molecular complexity index is 2110. The molecule has 0 radical (unpaired) electrons. The van der Waals surface area contributed by atoms with E-state index >= 15 is 0 Å². The van der Waals surface area contributed by atoms with Crippen molar-refractivity contribution in [3.05, 3.63) is 165 Å². The van der Waals surface area contributed by atoms with E-state index < -0.39 is 0 Å². The van der Waals surface area contributed by atoms with Gasteiger partial charge in [0.05, 0.1) is 0 Å². The molecule has 1 saturated heterocycles. The summed E-state index contributed by atoms with van der Waals surface area (Å²) in [5, 5.41) is 0. The molecule has 6 aromatic rings. The van der Waals surface area contributed by atoms with Crippen molar-refractivity contribution in [2.75, 3.05) is 29.9 Å². The Kier molecular flexibility index (Phi) is 13.6. The molecule has 0 saturated carbocycles. The average Bonchev–Trinajstić information content (AvgIpc) is 3.97. The van der Waals surface area contributed by atoms with E-state index in [9.17, 15) is 0 Å². The zero-order chi connectivity index (χ0) is 34.1. The third-order valence-corrected chi connectivity index (χ3v) is 8.00. The third kappa shape index (κ3) is 9.45. The quantitative estimate of drug-likeness (QED) is 0.112. The van der Waals surface area contributed by atoms with Crippen LogP contribution in [0.25, 0.3) is 22.4 Å². The molecular weight excluding hydrogens is 1010 g/mol. The molecule has 4 aromatic carbocycles. The minimum atomic E-state index is 0. The van der Waals surface area contributed by atoms with Gasteiger partial charge in [-0.05, 0) is 44.4 Å². The largest absolute Gasteiger partial charge is 4.00 e. The molecule has 0 spiro atoms. The molecule has 8 rings (SSSR count). The fraction of sp³-hybridized carbons (Fsp3) is 0.116. The first-order chi connectivity index (χ1) is 24.6.